The van der Waals surface area contributed by atoms with Crippen LogP contribution in [0.2, 0.25) is 0 Å². The average molecular weight is 263 g/mol. The molecule has 1 atom stereocenters. The second-order valence-corrected chi connectivity index (χ2v) is 4.02. The molecule has 2 aromatic rings. The van der Waals surface area contributed by atoms with E-state index in [2.05, 4.69) is 20.3 Å². The normalized spacial score (nSPS) is 12.1. The summed E-state index contributed by atoms with van der Waals surface area (Å²) in [4.78, 5) is 21.7. The predicted molar refractivity (Wildman–Crippen MR) is 68.4 cm³/mol. The number of imidazole rings is 1. The van der Waals surface area contributed by atoms with Crippen LogP contribution in [0.4, 0.5) is 17.5 Å². The minimum Gasteiger partial charge on any atom is -0.368 e. The highest BCUT2D eigenvalue weighted by Gasteiger charge is 2.18. The zero-order valence-electron chi connectivity index (χ0n) is 10.2. The number of anilines is 2. The Morgan fingerprint density at radius 1 is 1.63 bits per heavy atom. The quantitative estimate of drug-likeness (QED) is 0.599. The highest BCUT2D eigenvalue weighted by atomic mass is 16.6. The second-order valence-electron chi connectivity index (χ2n) is 4.02. The van der Waals surface area contributed by atoms with Gasteiger partial charge in [-0.25, -0.2) is 9.97 Å². The maximum Gasteiger partial charge on any atom is 0.329 e. The molecule has 0 fully saturated rings. The van der Waals surface area contributed by atoms with E-state index in [4.69, 9.17) is 5.73 Å². The molecule has 9 nitrogen and oxygen atoms in total. The van der Waals surface area contributed by atoms with Crippen molar-refractivity contribution >= 4 is 17.5 Å². The zero-order valence-corrected chi connectivity index (χ0v) is 10.2. The molecule has 2 aromatic heterocycles. The standard InChI is InChI=1S/C10H13N7O2/c1-7(5-16-3-2-12-6-16)14-9-8(17(18)19)4-13-10(11)15-9/h2-4,6-7H,5H2,1H3,(H3,11,13,14,15). The smallest absolute Gasteiger partial charge is 0.329 e. The van der Waals surface area contributed by atoms with E-state index >= 15 is 0 Å². The molecule has 0 aliphatic heterocycles. The third kappa shape index (κ3) is 3.15. The van der Waals surface area contributed by atoms with E-state index in [1.54, 1.807) is 18.7 Å². The summed E-state index contributed by atoms with van der Waals surface area (Å²) in [6.45, 7) is 2.48. The molecule has 2 heterocycles. The van der Waals surface area contributed by atoms with Gasteiger partial charge in [0.2, 0.25) is 11.8 Å². The van der Waals surface area contributed by atoms with Gasteiger partial charge in [0.25, 0.3) is 0 Å². The Morgan fingerprint density at radius 3 is 3.05 bits per heavy atom. The number of nitrogens with zero attached hydrogens (tertiary/aromatic N) is 5. The first-order chi connectivity index (χ1) is 9.06. The van der Waals surface area contributed by atoms with Crippen molar-refractivity contribution in [2.24, 2.45) is 0 Å². The lowest BCUT2D eigenvalue weighted by Gasteiger charge is -2.14. The molecule has 0 bridgehead atoms. The van der Waals surface area contributed by atoms with E-state index in [1.807, 2.05) is 11.5 Å². The number of hydrogen-bond donors (Lipinski definition) is 2. The summed E-state index contributed by atoms with van der Waals surface area (Å²) in [7, 11) is 0. The highest BCUT2D eigenvalue weighted by molar-refractivity contribution is 5.56. The van der Waals surface area contributed by atoms with Gasteiger partial charge in [-0.15, -0.1) is 0 Å². The Balaban J connectivity index is 2.13. The van der Waals surface area contributed by atoms with Gasteiger partial charge >= 0.3 is 5.69 Å². The fourth-order valence-electron chi connectivity index (χ4n) is 1.62. The summed E-state index contributed by atoms with van der Waals surface area (Å²) in [5.74, 6) is 0.105. The minimum absolute atomic E-state index is 0.0112. The number of aromatic nitrogens is 4. The van der Waals surface area contributed by atoms with Crippen molar-refractivity contribution < 1.29 is 4.92 Å². The molecule has 3 N–H and O–H groups in total. The van der Waals surface area contributed by atoms with Crippen LogP contribution < -0.4 is 11.1 Å². The van der Waals surface area contributed by atoms with Crippen LogP contribution in [0.15, 0.2) is 24.9 Å². The monoisotopic (exact) mass is 263 g/mol. The Labute approximate surface area is 108 Å². The van der Waals surface area contributed by atoms with Crippen molar-refractivity contribution in [3.63, 3.8) is 0 Å². The zero-order chi connectivity index (χ0) is 13.8. The number of nitrogen functional groups attached to an aromatic ring is 1. The van der Waals surface area contributed by atoms with Gasteiger partial charge in [0, 0.05) is 25.0 Å². The Kier molecular flexibility index (Phi) is 3.55. The van der Waals surface area contributed by atoms with Crippen LogP contribution in [0.5, 0.6) is 0 Å². The van der Waals surface area contributed by atoms with Gasteiger partial charge in [0.05, 0.1) is 11.3 Å². The summed E-state index contributed by atoms with van der Waals surface area (Å²) in [6.07, 6.45) is 6.23. The van der Waals surface area contributed by atoms with Crippen molar-refractivity contribution in [2.45, 2.75) is 19.5 Å². The van der Waals surface area contributed by atoms with Crippen LogP contribution in [0, 0.1) is 10.1 Å². The SMILES string of the molecule is CC(Cn1ccnc1)Nc1nc(N)ncc1[N+](=O)[O-]. The third-order valence-corrected chi connectivity index (χ3v) is 2.41. The highest BCUT2D eigenvalue weighted by Crippen LogP contribution is 2.21. The van der Waals surface area contributed by atoms with Crippen LogP contribution >= 0.6 is 0 Å². The van der Waals surface area contributed by atoms with Crippen LogP contribution in [-0.4, -0.2) is 30.5 Å². The second kappa shape index (κ2) is 5.29. The maximum absolute atomic E-state index is 10.9. The summed E-state index contributed by atoms with van der Waals surface area (Å²) < 4.78 is 1.86. The molecule has 0 saturated carbocycles. The van der Waals surface area contributed by atoms with Crippen molar-refractivity contribution in [1.29, 1.82) is 0 Å². The van der Waals surface area contributed by atoms with Gasteiger partial charge < -0.3 is 15.6 Å². The summed E-state index contributed by atoms with van der Waals surface area (Å²) in [5.41, 5.74) is 5.24. The van der Waals surface area contributed by atoms with Crippen LogP contribution in [0.25, 0.3) is 0 Å². The Bertz CT molecular complexity index is 569. The molecule has 9 heteroatoms. The number of nitrogens with one attached hydrogen (secondary N) is 1. The van der Waals surface area contributed by atoms with Crippen LogP contribution in [0.3, 0.4) is 0 Å². The fourth-order valence-corrected chi connectivity index (χ4v) is 1.62. The molecule has 19 heavy (non-hydrogen) atoms. The number of rotatable bonds is 5. The molecule has 0 aliphatic carbocycles. The fraction of sp³-hybridized carbons (Fsp3) is 0.300. The molecule has 0 amide bonds. The van der Waals surface area contributed by atoms with Crippen molar-refractivity contribution in [3.05, 3.63) is 35.0 Å². The van der Waals surface area contributed by atoms with E-state index in [9.17, 15) is 10.1 Å². The van der Waals surface area contributed by atoms with E-state index in [-0.39, 0.29) is 23.5 Å². The maximum atomic E-state index is 10.9. The molecule has 0 radical (unpaired) electrons. The average Bonchev–Trinajstić information content (AvgIpc) is 2.81. The van der Waals surface area contributed by atoms with Crippen molar-refractivity contribution in [1.82, 2.24) is 19.5 Å². The molecule has 0 aromatic carbocycles. The van der Waals surface area contributed by atoms with Gasteiger partial charge in [-0.05, 0) is 6.92 Å². The first-order valence-corrected chi connectivity index (χ1v) is 5.55. The molecular weight excluding hydrogens is 250 g/mol. The molecule has 100 valence electrons. The molecule has 1 unspecified atom stereocenters. The number of hydrogen-bond acceptors (Lipinski definition) is 7. The van der Waals surface area contributed by atoms with Crippen LogP contribution in [0.1, 0.15) is 6.92 Å². The topological polar surface area (TPSA) is 125 Å². The van der Waals surface area contributed by atoms with Gasteiger partial charge in [0.1, 0.15) is 6.20 Å². The Hall–Kier alpha value is -2.71. The summed E-state index contributed by atoms with van der Waals surface area (Å²) in [5, 5.41) is 13.8. The molecule has 2 rings (SSSR count). The van der Waals surface area contributed by atoms with Gasteiger partial charge in [-0.3, -0.25) is 10.1 Å². The molecular formula is C10H13N7O2. The van der Waals surface area contributed by atoms with Gasteiger partial charge in [-0.2, -0.15) is 4.98 Å². The molecule has 0 spiro atoms. The molecule has 0 saturated heterocycles. The first kappa shape index (κ1) is 12.7. The summed E-state index contributed by atoms with van der Waals surface area (Å²) >= 11 is 0. The van der Waals surface area contributed by atoms with Crippen molar-refractivity contribution in [3.8, 4) is 0 Å². The lowest BCUT2D eigenvalue weighted by Crippen LogP contribution is -2.23. The van der Waals surface area contributed by atoms with Gasteiger partial charge in [0.15, 0.2) is 0 Å². The number of nitro groups is 1. The van der Waals surface area contributed by atoms with Crippen LogP contribution in [-0.2, 0) is 6.54 Å². The minimum atomic E-state index is -0.550. The van der Waals surface area contributed by atoms with E-state index in [0.29, 0.717) is 6.54 Å². The largest absolute Gasteiger partial charge is 0.368 e. The van der Waals surface area contributed by atoms with Gasteiger partial charge in [-0.1, -0.05) is 0 Å². The van der Waals surface area contributed by atoms with Crippen molar-refractivity contribution in [2.75, 3.05) is 11.1 Å². The lowest BCUT2D eigenvalue weighted by molar-refractivity contribution is -0.384. The lowest BCUT2D eigenvalue weighted by atomic mass is 10.3. The van der Waals surface area contributed by atoms with E-state index in [0.717, 1.165) is 6.20 Å². The van der Waals surface area contributed by atoms with E-state index < -0.39 is 4.92 Å². The first-order valence-electron chi connectivity index (χ1n) is 5.55. The molecule has 0 aliphatic rings. The number of nitrogens with two attached hydrogens (primary N) is 1. The third-order valence-electron chi connectivity index (χ3n) is 2.41. The predicted octanol–water partition coefficient (Wildman–Crippen LogP) is 0.664. The van der Waals surface area contributed by atoms with E-state index in [1.165, 1.54) is 0 Å². The summed E-state index contributed by atoms with van der Waals surface area (Å²) in [6, 6.07) is -0.0813. The Morgan fingerprint density at radius 2 is 2.42 bits per heavy atom.